The molecule has 2 nitrogen and oxygen atoms in total. The van der Waals surface area contributed by atoms with Crippen LogP contribution in [-0.2, 0) is 9.09 Å². The predicted molar refractivity (Wildman–Crippen MR) is 65.0 cm³/mol. The van der Waals surface area contributed by atoms with Gasteiger partial charge in [0, 0.05) is 0 Å². The average Bonchev–Trinajstić information content (AvgIpc) is 1.97. The summed E-state index contributed by atoms with van der Waals surface area (Å²) >= 11 is 3.79. The summed E-state index contributed by atoms with van der Waals surface area (Å²) in [5.41, 5.74) is 0. The highest BCUT2D eigenvalue weighted by molar-refractivity contribution is 8.39. The van der Waals surface area contributed by atoms with Gasteiger partial charge in [0.1, 0.15) is 18.4 Å². The van der Waals surface area contributed by atoms with E-state index in [1.165, 1.54) is 0 Å². The summed E-state index contributed by atoms with van der Waals surface area (Å²) in [7, 11) is -1.76. The van der Waals surface area contributed by atoms with Gasteiger partial charge in [-0.15, -0.1) is 4.52 Å². The third-order valence-electron chi connectivity index (χ3n) is 2.04. The van der Waals surface area contributed by atoms with E-state index in [9.17, 15) is 4.57 Å². The first-order chi connectivity index (χ1) is 6.41. The Balaban J connectivity index is 3.90. The van der Waals surface area contributed by atoms with Gasteiger partial charge in [-0.1, -0.05) is 27.7 Å². The van der Waals surface area contributed by atoms with Crippen molar-refractivity contribution in [1.29, 1.82) is 0 Å². The van der Waals surface area contributed by atoms with Gasteiger partial charge in [-0.2, -0.15) is 0 Å². The lowest BCUT2D eigenvalue weighted by molar-refractivity contribution is 0.173. The lowest BCUT2D eigenvalue weighted by Gasteiger charge is -2.14. The van der Waals surface area contributed by atoms with Gasteiger partial charge in [0.15, 0.2) is 0 Å². The smallest absolute Gasteiger partial charge is 0.133 e. The maximum absolute atomic E-state index is 10.9. The molecule has 14 heavy (non-hydrogen) atoms. The zero-order valence-electron chi connectivity index (χ0n) is 9.56. The molecule has 0 aromatic rings. The Labute approximate surface area is 93.8 Å². The largest absolute Gasteiger partial charge is 0.582 e. The minimum atomic E-state index is -1.76. The molecule has 0 aromatic heterocycles. The van der Waals surface area contributed by atoms with Crippen molar-refractivity contribution in [3.8, 4) is 0 Å². The molecular weight excluding hydrogens is 215 g/mol. The van der Waals surface area contributed by atoms with Gasteiger partial charge < -0.3 is 0 Å². The lowest BCUT2D eigenvalue weighted by Crippen LogP contribution is -2.13. The molecule has 0 N–H and O–H groups in total. The molecule has 2 atom stereocenters. The second kappa shape index (κ2) is 7.67. The topological polar surface area (TPSA) is 26.3 Å². The van der Waals surface area contributed by atoms with Crippen LogP contribution in [0.25, 0.3) is 0 Å². The van der Waals surface area contributed by atoms with Crippen molar-refractivity contribution in [3.63, 3.8) is 0 Å². The molecule has 0 fully saturated rings. The Morgan fingerprint density at radius 2 is 1.71 bits per heavy atom. The van der Waals surface area contributed by atoms with Crippen molar-refractivity contribution in [2.45, 2.75) is 53.1 Å². The Hall–Kier alpha value is 0.410. The van der Waals surface area contributed by atoms with Crippen molar-refractivity contribution < 1.29 is 9.09 Å². The fraction of sp³-hybridized carbons (Fsp3) is 1.00. The monoisotopic (exact) mass is 237 g/mol. The number of rotatable bonds is 7. The van der Waals surface area contributed by atoms with Crippen LogP contribution in [0.3, 0.4) is 0 Å². The molecule has 0 aliphatic carbocycles. The minimum absolute atomic E-state index is 0.110. The SMILES string of the molecule is CC(C)CCC(CC(C)C)O[P+](=O)S. The summed E-state index contributed by atoms with van der Waals surface area (Å²) in [4.78, 5) is 0. The highest BCUT2D eigenvalue weighted by Gasteiger charge is 2.22. The first kappa shape index (κ1) is 14.4. The first-order valence-corrected chi connectivity index (χ1v) is 7.57. The number of hydrogen-bond donors (Lipinski definition) is 1. The van der Waals surface area contributed by atoms with Crippen LogP contribution in [0.4, 0.5) is 0 Å². The predicted octanol–water partition coefficient (Wildman–Crippen LogP) is 4.44. The molecule has 0 aromatic carbocycles. The van der Waals surface area contributed by atoms with Gasteiger partial charge in [0.25, 0.3) is 0 Å². The van der Waals surface area contributed by atoms with Gasteiger partial charge in [-0.3, -0.25) is 0 Å². The third kappa shape index (κ3) is 8.98. The van der Waals surface area contributed by atoms with Crippen LogP contribution in [0.15, 0.2) is 0 Å². The summed E-state index contributed by atoms with van der Waals surface area (Å²) in [6, 6.07) is 0. The van der Waals surface area contributed by atoms with Crippen molar-refractivity contribution in [3.05, 3.63) is 0 Å². The molecule has 84 valence electrons. The molecule has 0 bridgehead atoms. The van der Waals surface area contributed by atoms with Crippen LogP contribution in [0, 0.1) is 11.8 Å². The fourth-order valence-electron chi connectivity index (χ4n) is 1.39. The van der Waals surface area contributed by atoms with E-state index in [1.54, 1.807) is 0 Å². The van der Waals surface area contributed by atoms with E-state index in [0.717, 1.165) is 19.3 Å². The minimum Gasteiger partial charge on any atom is -0.133 e. The summed E-state index contributed by atoms with van der Waals surface area (Å²) in [6.07, 6.45) is 3.18. The molecule has 4 heteroatoms. The number of hydrogen-bond acceptors (Lipinski definition) is 2. The quantitative estimate of drug-likeness (QED) is 0.523. The Morgan fingerprint density at radius 1 is 1.14 bits per heavy atom. The molecule has 0 aliphatic rings. The molecule has 0 amide bonds. The highest BCUT2D eigenvalue weighted by Crippen LogP contribution is 2.32. The maximum Gasteiger partial charge on any atom is 0.582 e. The Bertz CT molecular complexity index is 172. The maximum atomic E-state index is 10.9. The average molecular weight is 237 g/mol. The van der Waals surface area contributed by atoms with E-state index < -0.39 is 7.23 Å². The van der Waals surface area contributed by atoms with Crippen LogP contribution < -0.4 is 0 Å². The van der Waals surface area contributed by atoms with Crippen LogP contribution >= 0.6 is 19.5 Å². The lowest BCUT2D eigenvalue weighted by atomic mass is 9.99. The van der Waals surface area contributed by atoms with Gasteiger partial charge in [-0.25, -0.2) is 0 Å². The molecule has 0 saturated heterocycles. The highest BCUT2D eigenvalue weighted by atomic mass is 32.7. The van der Waals surface area contributed by atoms with Crippen LogP contribution in [0.2, 0.25) is 0 Å². The van der Waals surface area contributed by atoms with Crippen LogP contribution in [0.1, 0.15) is 47.0 Å². The van der Waals surface area contributed by atoms with Crippen LogP contribution in [0.5, 0.6) is 0 Å². The van der Waals surface area contributed by atoms with E-state index >= 15 is 0 Å². The van der Waals surface area contributed by atoms with Crippen molar-refractivity contribution in [1.82, 2.24) is 0 Å². The summed E-state index contributed by atoms with van der Waals surface area (Å²) in [5.74, 6) is 1.25. The fourth-order valence-corrected chi connectivity index (χ4v) is 2.23. The van der Waals surface area contributed by atoms with E-state index in [0.29, 0.717) is 11.8 Å². The van der Waals surface area contributed by atoms with Crippen molar-refractivity contribution in [2.24, 2.45) is 11.8 Å². The first-order valence-electron chi connectivity index (χ1n) is 5.24. The van der Waals surface area contributed by atoms with E-state index in [-0.39, 0.29) is 6.10 Å². The van der Waals surface area contributed by atoms with E-state index in [4.69, 9.17) is 4.52 Å². The normalized spacial score (nSPS) is 14.9. The zero-order valence-corrected chi connectivity index (χ0v) is 11.4. The molecule has 0 spiro atoms. The summed E-state index contributed by atoms with van der Waals surface area (Å²) in [6.45, 7) is 8.68. The van der Waals surface area contributed by atoms with Gasteiger partial charge in [0.05, 0.1) is 0 Å². The van der Waals surface area contributed by atoms with Crippen molar-refractivity contribution in [2.75, 3.05) is 0 Å². The van der Waals surface area contributed by atoms with Gasteiger partial charge >= 0.3 is 7.23 Å². The molecule has 0 radical (unpaired) electrons. The molecule has 2 unspecified atom stereocenters. The number of thiol groups is 1. The summed E-state index contributed by atoms with van der Waals surface area (Å²) in [5, 5.41) is 0. The van der Waals surface area contributed by atoms with Crippen LogP contribution in [-0.4, -0.2) is 6.10 Å². The Kier molecular flexibility index (Phi) is 7.89. The third-order valence-corrected chi connectivity index (χ3v) is 2.80. The van der Waals surface area contributed by atoms with E-state index in [2.05, 4.69) is 39.9 Å². The zero-order chi connectivity index (χ0) is 11.1. The standard InChI is InChI=1S/C10H21O2PS/c1-8(2)5-6-10(7-9(3)4)12-13(11)14/h8-10H,5-7H2,1-4H3/p+1. The molecule has 0 saturated carbocycles. The summed E-state index contributed by atoms with van der Waals surface area (Å²) < 4.78 is 16.2. The van der Waals surface area contributed by atoms with E-state index in [1.807, 2.05) is 0 Å². The van der Waals surface area contributed by atoms with Gasteiger partial charge in [0.2, 0.25) is 0 Å². The second-order valence-corrected chi connectivity index (χ2v) is 6.23. The molecular formula is C10H22O2PS+. The van der Waals surface area contributed by atoms with Crippen molar-refractivity contribution >= 4 is 19.5 Å². The Morgan fingerprint density at radius 3 is 2.07 bits per heavy atom. The molecule has 0 heterocycles. The second-order valence-electron chi connectivity index (χ2n) is 4.57. The molecule has 0 rings (SSSR count). The van der Waals surface area contributed by atoms with Gasteiger partial charge in [-0.05, 0) is 35.7 Å². The molecule has 0 aliphatic heterocycles.